The molecule has 0 bridgehead atoms. The van der Waals surface area contributed by atoms with Crippen molar-refractivity contribution in [2.45, 2.75) is 105 Å². The Hall–Kier alpha value is -2.64. The molecule has 7 nitrogen and oxygen atoms in total. The minimum Gasteiger partial charge on any atom is -0.508 e. The van der Waals surface area contributed by atoms with Crippen molar-refractivity contribution in [3.63, 3.8) is 0 Å². The molecule has 0 amide bonds. The monoisotopic (exact) mass is 634 g/mol. The first kappa shape index (κ1) is 33.3. The number of aliphatic hydroxyl groups is 2. The van der Waals surface area contributed by atoms with Gasteiger partial charge in [0.1, 0.15) is 5.75 Å². The smallest absolute Gasteiger partial charge is 0.330 e. The minimum atomic E-state index is -1.02. The first-order valence-electron chi connectivity index (χ1n) is 17.5. The number of aromatic hydroxyl groups is 1. The van der Waals surface area contributed by atoms with Crippen LogP contribution in [0.3, 0.4) is 0 Å². The Kier molecular flexibility index (Phi) is 8.12. The summed E-state index contributed by atoms with van der Waals surface area (Å²) >= 11 is 0. The van der Waals surface area contributed by atoms with Gasteiger partial charge in [0, 0.05) is 11.5 Å². The molecule has 46 heavy (non-hydrogen) atoms. The largest absolute Gasteiger partial charge is 0.508 e. The van der Waals surface area contributed by atoms with Gasteiger partial charge >= 0.3 is 11.9 Å². The Morgan fingerprint density at radius 1 is 0.957 bits per heavy atom. The van der Waals surface area contributed by atoms with Crippen LogP contribution >= 0.6 is 0 Å². The maximum absolute atomic E-state index is 13.0. The zero-order valence-corrected chi connectivity index (χ0v) is 28.5. The van der Waals surface area contributed by atoms with Crippen LogP contribution in [0.5, 0.6) is 5.75 Å². The number of carbonyl (C=O) groups excluding carboxylic acids is 1. The average Bonchev–Trinajstić information content (AvgIpc) is 3.00. The first-order chi connectivity index (χ1) is 21.5. The lowest BCUT2D eigenvalue weighted by molar-refractivity contribution is -0.245. The van der Waals surface area contributed by atoms with Gasteiger partial charge in [0.25, 0.3) is 0 Å². The molecule has 252 valence electrons. The van der Waals surface area contributed by atoms with Crippen LogP contribution in [0.2, 0.25) is 0 Å². The highest BCUT2D eigenvalue weighted by molar-refractivity contribution is 5.87. The number of carboxylic acids is 1. The van der Waals surface area contributed by atoms with Gasteiger partial charge < -0.3 is 25.2 Å². The molecule has 4 N–H and O–H groups in total. The number of rotatable bonds is 5. The highest BCUT2D eigenvalue weighted by Gasteiger charge is 2.71. The molecule has 1 aromatic carbocycles. The molecule has 0 aromatic heterocycles. The summed E-state index contributed by atoms with van der Waals surface area (Å²) in [5.74, 6) is 0.0827. The van der Waals surface area contributed by atoms with E-state index in [0.29, 0.717) is 24.7 Å². The van der Waals surface area contributed by atoms with Crippen molar-refractivity contribution in [1.29, 1.82) is 0 Å². The summed E-state index contributed by atoms with van der Waals surface area (Å²) in [5.41, 5.74) is 0.0419. The van der Waals surface area contributed by atoms with Crippen LogP contribution in [-0.2, 0) is 14.3 Å². The molecule has 4 saturated carbocycles. The van der Waals surface area contributed by atoms with Crippen molar-refractivity contribution in [2.75, 3.05) is 6.61 Å². The molecule has 4 fully saturated rings. The van der Waals surface area contributed by atoms with E-state index in [1.807, 2.05) is 6.92 Å². The summed E-state index contributed by atoms with van der Waals surface area (Å²) in [6.45, 7) is 13.7. The number of allylic oxidation sites excluding steroid dienone is 2. The van der Waals surface area contributed by atoms with E-state index in [2.05, 4.69) is 40.7 Å². The molecule has 0 spiro atoms. The van der Waals surface area contributed by atoms with Gasteiger partial charge in [-0.05, 0) is 121 Å². The number of aliphatic hydroxyl groups excluding tert-OH is 2. The van der Waals surface area contributed by atoms with Gasteiger partial charge in [-0.15, -0.1) is 0 Å². The fraction of sp³-hybridized carbons (Fsp3) is 0.692. The molecular weight excluding hydrogens is 580 g/mol. The van der Waals surface area contributed by atoms with Gasteiger partial charge in [-0.25, -0.2) is 4.79 Å². The van der Waals surface area contributed by atoms with Gasteiger partial charge in [0.2, 0.25) is 0 Å². The number of esters is 1. The van der Waals surface area contributed by atoms with E-state index in [0.717, 1.165) is 44.1 Å². The number of carboxylic acid groups (broad SMARTS) is 1. The van der Waals surface area contributed by atoms with Gasteiger partial charge in [0.15, 0.2) is 0 Å². The van der Waals surface area contributed by atoms with Gasteiger partial charge in [-0.1, -0.05) is 65.3 Å². The standard InChI is InChI=1S/C39H54O7/c1-23-15-18-39(34(44)45)20-19-37(5)27(32(39)24(23)2)12-13-30-35(3)21-28(41)33(43)36(4,29(35)16-17-38(30,37)6)22-46-31(42)14-9-25-7-10-26(40)11-8-25/h7-12,14,23-24,28-30,32-33,40-41,43H,13,15-22H2,1-6H3,(H,44,45)/b14-9+/t23-,24+,28-,29-,30-,32+,33+,35+,36+,37-,38-,39+/m1/s1. The van der Waals surface area contributed by atoms with Crippen LogP contribution in [-0.4, -0.2) is 51.2 Å². The Morgan fingerprint density at radius 3 is 2.33 bits per heavy atom. The molecule has 0 radical (unpaired) electrons. The Morgan fingerprint density at radius 2 is 1.65 bits per heavy atom. The van der Waals surface area contributed by atoms with E-state index < -0.39 is 35.0 Å². The van der Waals surface area contributed by atoms with Crippen LogP contribution in [0.4, 0.5) is 0 Å². The van der Waals surface area contributed by atoms with Gasteiger partial charge in [-0.3, -0.25) is 4.79 Å². The second kappa shape index (κ2) is 11.2. The van der Waals surface area contributed by atoms with E-state index in [1.165, 1.54) is 11.6 Å². The quantitative estimate of drug-likeness (QED) is 0.156. The lowest BCUT2D eigenvalue weighted by atomic mass is 9.33. The maximum atomic E-state index is 13.0. The van der Waals surface area contributed by atoms with Crippen molar-refractivity contribution in [3.8, 4) is 5.75 Å². The van der Waals surface area contributed by atoms with Crippen LogP contribution < -0.4 is 0 Å². The third-order valence-corrected chi connectivity index (χ3v) is 15.0. The molecule has 0 aliphatic heterocycles. The van der Waals surface area contributed by atoms with Crippen molar-refractivity contribution in [3.05, 3.63) is 47.6 Å². The SMILES string of the molecule is C[C@H]1[C@H](C)CC[C@]2(C(=O)O)CC[C@]3(C)C(=CC[C@@H]4[C@@]5(C)C[C@@H](O)[C@H](O)[C@@](C)(COC(=O)/C=C/c6ccc(O)cc6)[C@@H]5CC[C@]43C)[C@H]12. The Labute approximate surface area is 274 Å². The molecule has 1 aromatic rings. The van der Waals surface area contributed by atoms with Crippen molar-refractivity contribution in [2.24, 2.45) is 56.7 Å². The number of phenols is 1. The zero-order chi connectivity index (χ0) is 33.4. The average molecular weight is 635 g/mol. The molecule has 6 rings (SSSR count). The van der Waals surface area contributed by atoms with E-state index in [4.69, 9.17) is 4.74 Å². The van der Waals surface area contributed by atoms with E-state index in [-0.39, 0.29) is 46.4 Å². The number of carbonyl (C=O) groups is 2. The normalized spacial score (nSPS) is 46.7. The summed E-state index contributed by atoms with van der Waals surface area (Å²) < 4.78 is 5.81. The third kappa shape index (κ3) is 4.65. The summed E-state index contributed by atoms with van der Waals surface area (Å²) in [7, 11) is 0. The molecule has 5 aliphatic rings. The lowest BCUT2D eigenvalue weighted by Crippen LogP contribution is -2.68. The predicted octanol–water partition coefficient (Wildman–Crippen LogP) is 7.00. The second-order valence-corrected chi connectivity index (χ2v) is 16.9. The molecule has 0 heterocycles. The summed E-state index contributed by atoms with van der Waals surface area (Å²) in [5, 5.41) is 43.1. The number of hydrogen-bond acceptors (Lipinski definition) is 6. The number of ether oxygens (including phenoxy) is 1. The fourth-order valence-electron chi connectivity index (χ4n) is 12.0. The lowest BCUT2D eigenvalue weighted by Gasteiger charge is -2.71. The Balaban J connectivity index is 1.30. The highest BCUT2D eigenvalue weighted by atomic mass is 16.5. The number of benzene rings is 1. The molecule has 0 unspecified atom stereocenters. The van der Waals surface area contributed by atoms with Crippen molar-refractivity contribution >= 4 is 18.0 Å². The number of fused-ring (bicyclic) bond motifs is 7. The van der Waals surface area contributed by atoms with Crippen molar-refractivity contribution in [1.82, 2.24) is 0 Å². The van der Waals surface area contributed by atoms with Crippen molar-refractivity contribution < 1.29 is 34.8 Å². The van der Waals surface area contributed by atoms with Crippen LogP contribution in [0, 0.1) is 56.7 Å². The molecule has 7 heteroatoms. The molecule has 12 atom stereocenters. The first-order valence-corrected chi connectivity index (χ1v) is 17.5. The van der Waals surface area contributed by atoms with E-state index >= 15 is 0 Å². The summed E-state index contributed by atoms with van der Waals surface area (Å²) in [4.78, 5) is 25.9. The predicted molar refractivity (Wildman–Crippen MR) is 176 cm³/mol. The summed E-state index contributed by atoms with van der Waals surface area (Å²) in [6, 6.07) is 6.53. The van der Waals surface area contributed by atoms with Crippen LogP contribution in [0.25, 0.3) is 6.08 Å². The Bertz CT molecular complexity index is 1430. The maximum Gasteiger partial charge on any atom is 0.330 e. The topological polar surface area (TPSA) is 124 Å². The number of aliphatic carboxylic acids is 1. The second-order valence-electron chi connectivity index (χ2n) is 16.9. The summed E-state index contributed by atoms with van der Waals surface area (Å²) in [6.07, 6.45) is 9.80. The highest BCUT2D eigenvalue weighted by Crippen LogP contribution is 2.75. The minimum absolute atomic E-state index is 0.00460. The third-order valence-electron chi connectivity index (χ3n) is 15.0. The fourth-order valence-corrected chi connectivity index (χ4v) is 12.0. The molecule has 0 saturated heterocycles. The van der Waals surface area contributed by atoms with Gasteiger partial charge in [-0.2, -0.15) is 0 Å². The van der Waals surface area contributed by atoms with E-state index in [9.17, 15) is 30.0 Å². The number of phenolic OH excluding ortho intramolecular Hbond substituents is 1. The number of hydrogen-bond donors (Lipinski definition) is 4. The van der Waals surface area contributed by atoms with E-state index in [1.54, 1.807) is 30.3 Å². The molecule has 5 aliphatic carbocycles. The van der Waals surface area contributed by atoms with Gasteiger partial charge in [0.05, 0.1) is 24.2 Å². The van der Waals surface area contributed by atoms with Crippen LogP contribution in [0.15, 0.2) is 42.0 Å². The zero-order valence-electron chi connectivity index (χ0n) is 28.5. The van der Waals surface area contributed by atoms with Crippen LogP contribution in [0.1, 0.15) is 98.5 Å². The molecular formula is C39H54O7.